The minimum atomic E-state index is 0.0680. The number of oxime groups is 1. The van der Waals surface area contributed by atoms with Gasteiger partial charge in [0, 0.05) is 16.7 Å². The van der Waals surface area contributed by atoms with Crippen molar-refractivity contribution >= 4 is 17.6 Å². The summed E-state index contributed by atoms with van der Waals surface area (Å²) in [4.78, 5) is 11.8. The minimum absolute atomic E-state index is 0.0680. The van der Waals surface area contributed by atoms with Crippen LogP contribution in [0.5, 0.6) is 0 Å². The van der Waals surface area contributed by atoms with Crippen LogP contribution in [-0.2, 0) is 0 Å². The van der Waals surface area contributed by atoms with E-state index in [-0.39, 0.29) is 11.9 Å². The molecule has 2 aromatic carbocycles. The zero-order valence-corrected chi connectivity index (χ0v) is 12.1. The summed E-state index contributed by atoms with van der Waals surface area (Å²) in [6, 6.07) is 16.6. The maximum Gasteiger partial charge on any atom is 0.225 e. The zero-order valence-electron chi connectivity index (χ0n) is 12.1. The van der Waals surface area contributed by atoms with E-state index in [9.17, 15) is 5.21 Å². The Morgan fingerprint density at radius 2 is 1.35 bits per heavy atom. The van der Waals surface area contributed by atoms with Gasteiger partial charge in [0.1, 0.15) is 5.71 Å². The van der Waals surface area contributed by atoms with E-state index in [2.05, 4.69) is 20.1 Å². The molecule has 5 N–H and O–H groups in total. The van der Waals surface area contributed by atoms with Gasteiger partial charge in [-0.2, -0.15) is 15.0 Å². The van der Waals surface area contributed by atoms with E-state index in [1.54, 1.807) is 12.1 Å². The lowest BCUT2D eigenvalue weighted by molar-refractivity contribution is 0.319. The van der Waals surface area contributed by atoms with E-state index < -0.39 is 0 Å². The third-order valence-corrected chi connectivity index (χ3v) is 3.23. The highest BCUT2D eigenvalue weighted by Crippen LogP contribution is 2.19. The summed E-state index contributed by atoms with van der Waals surface area (Å²) in [7, 11) is 0. The molecule has 0 saturated heterocycles. The summed E-state index contributed by atoms with van der Waals surface area (Å²) in [6.07, 6.45) is 0. The molecule has 0 atom stereocenters. The van der Waals surface area contributed by atoms with Gasteiger partial charge in [-0.05, 0) is 0 Å². The lowest BCUT2D eigenvalue weighted by atomic mass is 10.0. The molecule has 23 heavy (non-hydrogen) atoms. The van der Waals surface area contributed by atoms with Gasteiger partial charge in [-0.15, -0.1) is 0 Å². The van der Waals surface area contributed by atoms with Crippen molar-refractivity contribution in [2.75, 3.05) is 11.5 Å². The average Bonchev–Trinajstić information content (AvgIpc) is 2.56. The summed E-state index contributed by atoms with van der Waals surface area (Å²) >= 11 is 0. The van der Waals surface area contributed by atoms with Gasteiger partial charge in [-0.3, -0.25) is 0 Å². The average molecular weight is 306 g/mol. The molecule has 0 bridgehead atoms. The third kappa shape index (κ3) is 3.08. The molecule has 0 aliphatic carbocycles. The molecule has 7 nitrogen and oxygen atoms in total. The van der Waals surface area contributed by atoms with Gasteiger partial charge in [-0.25, -0.2) is 0 Å². The largest absolute Gasteiger partial charge is 0.410 e. The smallest absolute Gasteiger partial charge is 0.225 e. The number of rotatable bonds is 3. The van der Waals surface area contributed by atoms with Crippen LogP contribution in [0.4, 0.5) is 11.9 Å². The molecule has 0 saturated carbocycles. The van der Waals surface area contributed by atoms with Crippen molar-refractivity contribution in [3.8, 4) is 11.4 Å². The number of anilines is 2. The SMILES string of the molecule is Nc1nc(N)nc(-c2ccc(C(=NO)c3ccccc3)cc2)n1. The second-order valence-corrected chi connectivity index (χ2v) is 4.77. The molecule has 0 aliphatic heterocycles. The Morgan fingerprint density at radius 3 is 1.91 bits per heavy atom. The molecule has 0 radical (unpaired) electrons. The summed E-state index contributed by atoms with van der Waals surface area (Å²) in [5.74, 6) is 0.528. The van der Waals surface area contributed by atoms with Gasteiger partial charge in [0.25, 0.3) is 0 Å². The first kappa shape index (κ1) is 14.5. The van der Waals surface area contributed by atoms with Gasteiger partial charge in [0.05, 0.1) is 0 Å². The number of hydrogen-bond donors (Lipinski definition) is 3. The van der Waals surface area contributed by atoms with Crippen LogP contribution in [-0.4, -0.2) is 25.9 Å². The molecule has 3 rings (SSSR count). The predicted molar refractivity (Wildman–Crippen MR) is 88.0 cm³/mol. The maximum atomic E-state index is 9.31. The Balaban J connectivity index is 1.96. The van der Waals surface area contributed by atoms with E-state index >= 15 is 0 Å². The lowest BCUT2D eigenvalue weighted by Crippen LogP contribution is -2.05. The maximum absolute atomic E-state index is 9.31. The van der Waals surface area contributed by atoms with Crippen molar-refractivity contribution in [1.82, 2.24) is 15.0 Å². The van der Waals surface area contributed by atoms with Gasteiger partial charge < -0.3 is 16.7 Å². The van der Waals surface area contributed by atoms with Crippen molar-refractivity contribution < 1.29 is 5.21 Å². The van der Waals surface area contributed by atoms with E-state index in [4.69, 9.17) is 11.5 Å². The quantitative estimate of drug-likeness (QED) is 0.386. The van der Waals surface area contributed by atoms with Gasteiger partial charge in [0.15, 0.2) is 5.82 Å². The van der Waals surface area contributed by atoms with Crippen LogP contribution in [0.25, 0.3) is 11.4 Å². The van der Waals surface area contributed by atoms with E-state index in [0.29, 0.717) is 11.5 Å². The molecular formula is C16H14N6O. The number of aromatic nitrogens is 3. The number of nitrogen functional groups attached to an aromatic ring is 2. The fourth-order valence-corrected chi connectivity index (χ4v) is 2.19. The Hall–Kier alpha value is -3.48. The van der Waals surface area contributed by atoms with Crippen molar-refractivity contribution in [3.63, 3.8) is 0 Å². The van der Waals surface area contributed by atoms with Gasteiger partial charge in [-0.1, -0.05) is 59.8 Å². The summed E-state index contributed by atoms with van der Waals surface area (Å²) in [5.41, 5.74) is 13.9. The highest BCUT2D eigenvalue weighted by Gasteiger charge is 2.09. The van der Waals surface area contributed by atoms with Crippen LogP contribution >= 0.6 is 0 Å². The second-order valence-electron chi connectivity index (χ2n) is 4.77. The Labute approximate surface area is 132 Å². The molecule has 0 amide bonds. The molecule has 0 fully saturated rings. The van der Waals surface area contributed by atoms with Crippen molar-refractivity contribution in [3.05, 3.63) is 65.7 Å². The minimum Gasteiger partial charge on any atom is -0.410 e. The second kappa shape index (κ2) is 6.10. The number of nitrogens with zero attached hydrogens (tertiary/aromatic N) is 4. The van der Waals surface area contributed by atoms with Crippen LogP contribution in [0.1, 0.15) is 11.1 Å². The Bertz CT molecular complexity index is 826. The molecule has 114 valence electrons. The highest BCUT2D eigenvalue weighted by molar-refractivity contribution is 6.12. The van der Waals surface area contributed by atoms with Crippen molar-refractivity contribution in [2.24, 2.45) is 5.16 Å². The first-order valence-corrected chi connectivity index (χ1v) is 6.82. The molecule has 1 aromatic heterocycles. The fraction of sp³-hybridized carbons (Fsp3) is 0. The molecule has 1 heterocycles. The van der Waals surface area contributed by atoms with Gasteiger partial charge in [0.2, 0.25) is 11.9 Å². The summed E-state index contributed by atoms with van der Waals surface area (Å²) in [6.45, 7) is 0. The number of benzene rings is 2. The zero-order chi connectivity index (χ0) is 16.2. The van der Waals surface area contributed by atoms with Gasteiger partial charge >= 0.3 is 0 Å². The molecule has 0 unspecified atom stereocenters. The Morgan fingerprint density at radius 1 is 0.783 bits per heavy atom. The lowest BCUT2D eigenvalue weighted by Gasteiger charge is -2.06. The van der Waals surface area contributed by atoms with Crippen LogP contribution in [0.3, 0.4) is 0 Å². The third-order valence-electron chi connectivity index (χ3n) is 3.23. The number of hydrogen-bond acceptors (Lipinski definition) is 7. The summed E-state index contributed by atoms with van der Waals surface area (Å²) in [5, 5.41) is 12.7. The fourth-order valence-electron chi connectivity index (χ4n) is 2.19. The van der Waals surface area contributed by atoms with Crippen LogP contribution < -0.4 is 11.5 Å². The topological polar surface area (TPSA) is 123 Å². The standard InChI is InChI=1S/C16H14N6O/c17-15-19-14(20-16(18)21-15)12-8-6-11(7-9-12)13(22-23)10-4-2-1-3-5-10/h1-9,23H,(H4,17,18,19,20,21). The normalized spacial score (nSPS) is 11.4. The van der Waals surface area contributed by atoms with Crippen LogP contribution in [0.2, 0.25) is 0 Å². The number of nitrogens with two attached hydrogens (primary N) is 2. The van der Waals surface area contributed by atoms with Crippen LogP contribution in [0, 0.1) is 0 Å². The molecule has 0 spiro atoms. The highest BCUT2D eigenvalue weighted by atomic mass is 16.4. The predicted octanol–water partition coefficient (Wildman–Crippen LogP) is 1.93. The molecule has 0 aliphatic rings. The summed E-state index contributed by atoms with van der Waals surface area (Å²) < 4.78 is 0. The Kier molecular flexibility index (Phi) is 3.84. The van der Waals surface area contributed by atoms with Crippen molar-refractivity contribution in [2.45, 2.75) is 0 Å². The molecule has 7 heteroatoms. The first-order chi connectivity index (χ1) is 11.2. The van der Waals surface area contributed by atoms with E-state index in [0.717, 1.165) is 16.7 Å². The molecular weight excluding hydrogens is 292 g/mol. The monoisotopic (exact) mass is 306 g/mol. The van der Waals surface area contributed by atoms with E-state index in [1.165, 1.54) is 0 Å². The first-order valence-electron chi connectivity index (χ1n) is 6.82. The van der Waals surface area contributed by atoms with Crippen molar-refractivity contribution in [1.29, 1.82) is 0 Å². The molecule has 3 aromatic rings. The van der Waals surface area contributed by atoms with Crippen LogP contribution in [0.15, 0.2) is 59.8 Å². The van der Waals surface area contributed by atoms with E-state index in [1.807, 2.05) is 42.5 Å².